The van der Waals surface area contributed by atoms with Crippen LogP contribution in [0.1, 0.15) is 18.9 Å². The van der Waals surface area contributed by atoms with E-state index in [4.69, 9.17) is 4.74 Å². The molecule has 0 bridgehead atoms. The molecule has 1 N–H and O–H groups in total. The number of carbonyl (C=O) groups is 1. The van der Waals surface area contributed by atoms with E-state index in [1.165, 1.54) is 5.56 Å². The second-order valence-corrected chi connectivity index (χ2v) is 4.86. The maximum Gasteiger partial charge on any atom is 0.242 e. The number of morpholine rings is 1. The third-order valence-electron chi connectivity index (χ3n) is 3.25. The molecular formula is C14H23N3O2. The zero-order chi connectivity index (χ0) is 13.5. The Hall–Kier alpha value is -1.33. The van der Waals surface area contributed by atoms with Crippen LogP contribution in [0.25, 0.3) is 0 Å². The third-order valence-corrected chi connectivity index (χ3v) is 3.25. The van der Waals surface area contributed by atoms with Crippen molar-refractivity contribution in [3.8, 4) is 0 Å². The van der Waals surface area contributed by atoms with Crippen LogP contribution in [0.3, 0.4) is 0 Å². The Labute approximate surface area is 114 Å². The molecular weight excluding hydrogens is 242 g/mol. The molecule has 0 unspecified atom stereocenters. The molecule has 1 aliphatic rings. The number of amides is 1. The van der Waals surface area contributed by atoms with Gasteiger partial charge in [0.15, 0.2) is 0 Å². The maximum absolute atomic E-state index is 12.1. The average molecular weight is 265 g/mol. The van der Waals surface area contributed by atoms with Crippen molar-refractivity contribution in [2.45, 2.75) is 26.4 Å². The van der Waals surface area contributed by atoms with Gasteiger partial charge in [-0.05, 0) is 24.6 Å². The second-order valence-electron chi connectivity index (χ2n) is 4.86. The Bertz CT molecular complexity index is 397. The van der Waals surface area contributed by atoms with Gasteiger partial charge in [0, 0.05) is 32.0 Å². The van der Waals surface area contributed by atoms with Gasteiger partial charge in [0.25, 0.3) is 0 Å². The van der Waals surface area contributed by atoms with Crippen molar-refractivity contribution in [1.82, 2.24) is 14.8 Å². The van der Waals surface area contributed by atoms with E-state index in [0.717, 1.165) is 19.5 Å². The molecule has 0 atom stereocenters. The van der Waals surface area contributed by atoms with Crippen LogP contribution < -0.4 is 5.32 Å². The normalized spacial score (nSPS) is 15.7. The molecule has 106 valence electrons. The SMILES string of the molecule is CCCNCc1ccn(CC(=O)N2CCOCC2)c1. The molecule has 5 heteroatoms. The summed E-state index contributed by atoms with van der Waals surface area (Å²) < 4.78 is 7.21. The highest BCUT2D eigenvalue weighted by molar-refractivity contribution is 5.76. The molecule has 1 saturated heterocycles. The lowest BCUT2D eigenvalue weighted by Gasteiger charge is -2.26. The van der Waals surface area contributed by atoms with E-state index in [0.29, 0.717) is 32.8 Å². The van der Waals surface area contributed by atoms with E-state index in [1.54, 1.807) is 0 Å². The Morgan fingerprint density at radius 3 is 2.95 bits per heavy atom. The van der Waals surface area contributed by atoms with Crippen LogP contribution in [-0.4, -0.2) is 48.2 Å². The summed E-state index contributed by atoms with van der Waals surface area (Å²) >= 11 is 0. The molecule has 2 rings (SSSR count). The minimum atomic E-state index is 0.173. The summed E-state index contributed by atoms with van der Waals surface area (Å²) in [6.45, 7) is 7.21. The number of aromatic nitrogens is 1. The van der Waals surface area contributed by atoms with Gasteiger partial charge in [-0.25, -0.2) is 0 Å². The van der Waals surface area contributed by atoms with E-state index in [-0.39, 0.29) is 5.91 Å². The largest absolute Gasteiger partial charge is 0.378 e. The van der Waals surface area contributed by atoms with Crippen LogP contribution >= 0.6 is 0 Å². The summed E-state index contributed by atoms with van der Waals surface area (Å²) in [6, 6.07) is 2.06. The van der Waals surface area contributed by atoms with Crippen molar-refractivity contribution >= 4 is 5.91 Å². The van der Waals surface area contributed by atoms with Crippen molar-refractivity contribution in [1.29, 1.82) is 0 Å². The molecule has 5 nitrogen and oxygen atoms in total. The fourth-order valence-electron chi connectivity index (χ4n) is 2.17. The molecule has 0 radical (unpaired) electrons. The first kappa shape index (κ1) is 14.1. The summed E-state index contributed by atoms with van der Waals surface area (Å²) in [6.07, 6.45) is 5.15. The summed E-state index contributed by atoms with van der Waals surface area (Å²) in [5.74, 6) is 0.173. The first-order valence-electron chi connectivity index (χ1n) is 7.00. The molecule has 0 spiro atoms. The van der Waals surface area contributed by atoms with Gasteiger partial charge in [0.05, 0.1) is 13.2 Å². The Morgan fingerprint density at radius 1 is 1.42 bits per heavy atom. The summed E-state index contributed by atoms with van der Waals surface area (Å²) in [5.41, 5.74) is 1.23. The standard InChI is InChI=1S/C14H23N3O2/c1-2-4-15-10-13-3-5-16(11-13)12-14(18)17-6-8-19-9-7-17/h3,5,11,15H,2,4,6-10,12H2,1H3. The van der Waals surface area contributed by atoms with Gasteiger partial charge in [-0.1, -0.05) is 6.92 Å². The first-order valence-corrected chi connectivity index (χ1v) is 7.00. The number of nitrogens with one attached hydrogen (secondary N) is 1. The van der Waals surface area contributed by atoms with Crippen molar-refractivity contribution in [3.05, 3.63) is 24.0 Å². The molecule has 1 fully saturated rings. The van der Waals surface area contributed by atoms with Crippen molar-refractivity contribution in [3.63, 3.8) is 0 Å². The number of ether oxygens (including phenoxy) is 1. The van der Waals surface area contributed by atoms with Crippen molar-refractivity contribution < 1.29 is 9.53 Å². The first-order chi connectivity index (χ1) is 9.29. The molecule has 0 aliphatic carbocycles. The predicted octanol–water partition coefficient (Wildman–Crippen LogP) is 0.847. The van der Waals surface area contributed by atoms with Crippen LogP contribution in [0.5, 0.6) is 0 Å². The van der Waals surface area contributed by atoms with Gasteiger partial charge in [-0.15, -0.1) is 0 Å². The molecule has 1 aliphatic heterocycles. The molecule has 1 aromatic heterocycles. The van der Waals surface area contributed by atoms with Crippen molar-refractivity contribution in [2.24, 2.45) is 0 Å². The van der Waals surface area contributed by atoms with E-state index >= 15 is 0 Å². The van der Waals surface area contributed by atoms with Crippen LogP contribution in [0.15, 0.2) is 18.5 Å². The Balaban J connectivity index is 1.80. The zero-order valence-corrected chi connectivity index (χ0v) is 11.6. The van der Waals surface area contributed by atoms with Gasteiger partial charge in [-0.3, -0.25) is 4.79 Å². The second kappa shape index (κ2) is 7.31. The fourth-order valence-corrected chi connectivity index (χ4v) is 2.17. The highest BCUT2D eigenvalue weighted by atomic mass is 16.5. The number of hydrogen-bond acceptors (Lipinski definition) is 3. The summed E-state index contributed by atoms with van der Waals surface area (Å²) in [5, 5.41) is 3.36. The number of carbonyl (C=O) groups excluding carboxylic acids is 1. The van der Waals surface area contributed by atoms with Gasteiger partial charge in [-0.2, -0.15) is 0 Å². The predicted molar refractivity (Wildman–Crippen MR) is 73.8 cm³/mol. The molecule has 1 aromatic rings. The highest BCUT2D eigenvalue weighted by Gasteiger charge is 2.16. The van der Waals surface area contributed by atoms with Crippen LogP contribution in [0, 0.1) is 0 Å². The Morgan fingerprint density at radius 2 is 2.21 bits per heavy atom. The lowest BCUT2D eigenvalue weighted by atomic mass is 10.3. The highest BCUT2D eigenvalue weighted by Crippen LogP contribution is 2.04. The van der Waals surface area contributed by atoms with Gasteiger partial charge in [0.2, 0.25) is 5.91 Å². The van der Waals surface area contributed by atoms with E-state index in [1.807, 2.05) is 21.9 Å². The van der Waals surface area contributed by atoms with E-state index < -0.39 is 0 Å². The molecule has 0 aromatic carbocycles. The van der Waals surface area contributed by atoms with Gasteiger partial charge in [0.1, 0.15) is 6.54 Å². The zero-order valence-electron chi connectivity index (χ0n) is 11.6. The third kappa shape index (κ3) is 4.36. The average Bonchev–Trinajstić information content (AvgIpc) is 2.88. The topological polar surface area (TPSA) is 46.5 Å². The van der Waals surface area contributed by atoms with E-state index in [2.05, 4.69) is 18.3 Å². The molecule has 19 heavy (non-hydrogen) atoms. The smallest absolute Gasteiger partial charge is 0.242 e. The summed E-state index contributed by atoms with van der Waals surface area (Å²) in [7, 11) is 0. The van der Waals surface area contributed by atoms with E-state index in [9.17, 15) is 4.79 Å². The van der Waals surface area contributed by atoms with Gasteiger partial charge < -0.3 is 19.5 Å². The lowest BCUT2D eigenvalue weighted by Crippen LogP contribution is -2.42. The van der Waals surface area contributed by atoms with Crippen LogP contribution in [0.4, 0.5) is 0 Å². The minimum Gasteiger partial charge on any atom is -0.378 e. The minimum absolute atomic E-state index is 0.173. The number of rotatable bonds is 6. The monoisotopic (exact) mass is 265 g/mol. The van der Waals surface area contributed by atoms with Crippen molar-refractivity contribution in [2.75, 3.05) is 32.8 Å². The summed E-state index contributed by atoms with van der Waals surface area (Å²) in [4.78, 5) is 13.9. The van der Waals surface area contributed by atoms with Gasteiger partial charge >= 0.3 is 0 Å². The fraction of sp³-hybridized carbons (Fsp3) is 0.643. The molecule has 2 heterocycles. The molecule has 0 saturated carbocycles. The van der Waals surface area contributed by atoms with Crippen LogP contribution in [-0.2, 0) is 22.6 Å². The number of nitrogens with zero attached hydrogens (tertiary/aromatic N) is 2. The Kier molecular flexibility index (Phi) is 5.42. The van der Waals surface area contributed by atoms with Crippen LogP contribution in [0.2, 0.25) is 0 Å². The quantitative estimate of drug-likeness (QED) is 0.776. The lowest BCUT2D eigenvalue weighted by molar-refractivity contribution is -0.135. The number of hydrogen-bond donors (Lipinski definition) is 1. The maximum atomic E-state index is 12.1. The molecule has 1 amide bonds.